The molecule has 0 heterocycles. The van der Waals surface area contributed by atoms with Crippen LogP contribution in [-0.4, -0.2) is 57.1 Å². The van der Waals surface area contributed by atoms with Crippen LogP contribution in [0.25, 0.3) is 0 Å². The first kappa shape index (κ1) is 28.4. The molecule has 1 aliphatic rings. The van der Waals surface area contributed by atoms with E-state index >= 15 is 0 Å². The van der Waals surface area contributed by atoms with E-state index in [2.05, 4.69) is 5.32 Å². The number of para-hydroxylation sites is 1. The summed E-state index contributed by atoms with van der Waals surface area (Å²) in [6, 6.07) is 12.3. The molecule has 3 rings (SSSR count). The summed E-state index contributed by atoms with van der Waals surface area (Å²) < 4.78 is 45.2. The minimum absolute atomic E-state index is 0.00231. The number of hydrogen-bond donors (Lipinski definition) is 1. The van der Waals surface area contributed by atoms with Gasteiger partial charge in [0, 0.05) is 25.6 Å². The van der Waals surface area contributed by atoms with Gasteiger partial charge in [-0.1, -0.05) is 37.1 Å². The Kier molecular flexibility index (Phi) is 9.91. The number of anilines is 1. The molecule has 0 bridgehead atoms. The second kappa shape index (κ2) is 12.9. The molecule has 0 saturated heterocycles. The molecular weight excluding hydrogens is 497 g/mol. The average Bonchev–Trinajstić information content (AvgIpc) is 3.38. The molecule has 0 radical (unpaired) electrons. The van der Waals surface area contributed by atoms with E-state index in [4.69, 9.17) is 4.74 Å². The Morgan fingerprint density at radius 1 is 1.11 bits per heavy atom. The van der Waals surface area contributed by atoms with E-state index < -0.39 is 21.9 Å². The number of methoxy groups -OCH3 is 1. The van der Waals surface area contributed by atoms with Gasteiger partial charge in [-0.05, 0) is 56.0 Å². The summed E-state index contributed by atoms with van der Waals surface area (Å²) in [6.45, 7) is 1.85. The Hall–Kier alpha value is -3.14. The van der Waals surface area contributed by atoms with Crippen LogP contribution < -0.4 is 14.4 Å². The van der Waals surface area contributed by atoms with Crippen molar-refractivity contribution in [2.45, 2.75) is 64.1 Å². The molecule has 2 amide bonds. The fraction of sp³-hybridized carbons (Fsp3) is 0.481. The maximum absolute atomic E-state index is 14.3. The first-order valence-corrected chi connectivity index (χ1v) is 14.4. The number of benzene rings is 2. The van der Waals surface area contributed by atoms with Gasteiger partial charge in [0.05, 0.1) is 19.1 Å². The van der Waals surface area contributed by atoms with Gasteiger partial charge in [-0.2, -0.15) is 0 Å². The lowest BCUT2D eigenvalue weighted by Gasteiger charge is -2.30. The van der Waals surface area contributed by atoms with Crippen molar-refractivity contribution in [1.29, 1.82) is 0 Å². The number of rotatable bonds is 12. The van der Waals surface area contributed by atoms with Crippen molar-refractivity contribution in [2.75, 3.05) is 24.2 Å². The van der Waals surface area contributed by atoms with Crippen LogP contribution in [0.3, 0.4) is 0 Å². The van der Waals surface area contributed by atoms with E-state index in [1.165, 1.54) is 23.1 Å². The summed E-state index contributed by atoms with van der Waals surface area (Å²) in [6.07, 6.45) is 5.19. The van der Waals surface area contributed by atoms with Crippen molar-refractivity contribution >= 4 is 27.5 Å². The maximum atomic E-state index is 14.3. The topological polar surface area (TPSA) is 96.0 Å². The predicted molar refractivity (Wildman–Crippen MR) is 141 cm³/mol. The molecule has 0 spiro atoms. The Morgan fingerprint density at radius 3 is 2.35 bits per heavy atom. The SMILES string of the molecule is COc1ccc(CN(C(=O)CCCN(c2ccccc2F)S(C)(=O)=O)[C@H](C)C(=O)NC2CCCC2)cc1. The minimum atomic E-state index is -3.76. The molecule has 0 unspecified atom stereocenters. The molecule has 0 aliphatic heterocycles. The van der Waals surface area contributed by atoms with E-state index in [0.717, 1.165) is 41.8 Å². The normalized spacial score (nSPS) is 14.7. The van der Waals surface area contributed by atoms with Crippen LogP contribution in [0.4, 0.5) is 10.1 Å². The lowest BCUT2D eigenvalue weighted by molar-refractivity contribution is -0.141. The van der Waals surface area contributed by atoms with E-state index in [0.29, 0.717) is 5.75 Å². The number of carbonyl (C=O) groups is 2. The Balaban J connectivity index is 1.72. The average molecular weight is 534 g/mol. The van der Waals surface area contributed by atoms with Gasteiger partial charge in [0.15, 0.2) is 0 Å². The van der Waals surface area contributed by atoms with Crippen LogP contribution in [0, 0.1) is 5.82 Å². The molecule has 1 atom stereocenters. The minimum Gasteiger partial charge on any atom is -0.497 e. The van der Waals surface area contributed by atoms with Crippen molar-refractivity contribution in [3.8, 4) is 5.75 Å². The second-order valence-corrected chi connectivity index (χ2v) is 11.3. The molecule has 2 aromatic rings. The zero-order valence-corrected chi connectivity index (χ0v) is 22.5. The van der Waals surface area contributed by atoms with Gasteiger partial charge in [-0.15, -0.1) is 0 Å². The predicted octanol–water partition coefficient (Wildman–Crippen LogP) is 3.86. The Bertz CT molecular complexity index is 1170. The lowest BCUT2D eigenvalue weighted by Crippen LogP contribution is -2.49. The number of amides is 2. The number of hydrogen-bond acceptors (Lipinski definition) is 5. The zero-order chi connectivity index (χ0) is 27.0. The highest BCUT2D eigenvalue weighted by Crippen LogP contribution is 2.23. The highest BCUT2D eigenvalue weighted by Gasteiger charge is 2.29. The van der Waals surface area contributed by atoms with E-state index in [9.17, 15) is 22.4 Å². The van der Waals surface area contributed by atoms with Gasteiger partial charge in [0.1, 0.15) is 17.6 Å². The van der Waals surface area contributed by atoms with Crippen LogP contribution in [-0.2, 0) is 26.2 Å². The quantitative estimate of drug-likeness (QED) is 0.447. The molecule has 37 heavy (non-hydrogen) atoms. The fourth-order valence-electron chi connectivity index (χ4n) is 4.54. The van der Waals surface area contributed by atoms with E-state index in [1.807, 2.05) is 12.1 Å². The molecular formula is C27H36FN3O5S. The number of nitrogens with one attached hydrogen (secondary N) is 1. The number of sulfonamides is 1. The first-order chi connectivity index (χ1) is 17.6. The monoisotopic (exact) mass is 533 g/mol. The summed E-state index contributed by atoms with van der Waals surface area (Å²) in [5.41, 5.74) is 0.774. The fourth-order valence-corrected chi connectivity index (χ4v) is 5.50. The number of carbonyl (C=O) groups excluding carboxylic acids is 2. The highest BCUT2D eigenvalue weighted by molar-refractivity contribution is 7.92. The maximum Gasteiger partial charge on any atom is 0.242 e. The first-order valence-electron chi connectivity index (χ1n) is 12.5. The summed E-state index contributed by atoms with van der Waals surface area (Å²) in [5.74, 6) is -0.468. The van der Waals surface area contributed by atoms with Crippen molar-refractivity contribution in [3.63, 3.8) is 0 Å². The lowest BCUT2D eigenvalue weighted by atomic mass is 10.1. The summed E-state index contributed by atoms with van der Waals surface area (Å²) in [5, 5.41) is 3.06. The largest absolute Gasteiger partial charge is 0.497 e. The van der Waals surface area contributed by atoms with Crippen molar-refractivity contribution in [3.05, 3.63) is 59.9 Å². The van der Waals surface area contributed by atoms with Crippen LogP contribution in [0.1, 0.15) is 51.0 Å². The van der Waals surface area contributed by atoms with Crippen molar-refractivity contribution in [1.82, 2.24) is 10.2 Å². The van der Waals surface area contributed by atoms with Gasteiger partial charge in [-0.3, -0.25) is 13.9 Å². The molecule has 1 saturated carbocycles. The van der Waals surface area contributed by atoms with E-state index in [1.54, 1.807) is 32.2 Å². The van der Waals surface area contributed by atoms with Gasteiger partial charge in [0.25, 0.3) is 0 Å². The van der Waals surface area contributed by atoms with Gasteiger partial charge in [-0.25, -0.2) is 12.8 Å². The third-order valence-electron chi connectivity index (χ3n) is 6.65. The highest BCUT2D eigenvalue weighted by atomic mass is 32.2. The molecule has 10 heteroatoms. The van der Waals surface area contributed by atoms with E-state index in [-0.39, 0.29) is 49.5 Å². The number of halogens is 1. The van der Waals surface area contributed by atoms with Gasteiger partial charge < -0.3 is 15.0 Å². The third-order valence-corrected chi connectivity index (χ3v) is 7.83. The molecule has 2 aromatic carbocycles. The second-order valence-electron chi connectivity index (χ2n) is 9.43. The van der Waals surface area contributed by atoms with Gasteiger partial charge in [0.2, 0.25) is 21.8 Å². The molecule has 0 aromatic heterocycles. The van der Waals surface area contributed by atoms with Crippen LogP contribution in [0.15, 0.2) is 48.5 Å². The summed E-state index contributed by atoms with van der Waals surface area (Å²) in [7, 11) is -2.19. The molecule has 1 N–H and O–H groups in total. The Morgan fingerprint density at radius 2 is 1.76 bits per heavy atom. The molecule has 8 nitrogen and oxygen atoms in total. The summed E-state index contributed by atoms with van der Waals surface area (Å²) >= 11 is 0. The Labute approximate surface area is 218 Å². The van der Waals surface area contributed by atoms with Crippen molar-refractivity contribution < 1.29 is 27.1 Å². The molecule has 1 fully saturated rings. The molecule has 1 aliphatic carbocycles. The van der Waals surface area contributed by atoms with Crippen molar-refractivity contribution in [2.24, 2.45) is 0 Å². The van der Waals surface area contributed by atoms with Crippen LogP contribution >= 0.6 is 0 Å². The van der Waals surface area contributed by atoms with Crippen LogP contribution in [0.5, 0.6) is 5.75 Å². The van der Waals surface area contributed by atoms with Gasteiger partial charge >= 0.3 is 0 Å². The standard InChI is InChI=1S/C27H36FN3O5S/c1-20(27(33)29-22-9-4-5-10-22)30(19-21-14-16-23(36-2)17-15-21)26(32)13-8-18-31(37(3,34)35)25-12-7-6-11-24(25)28/h6-7,11-12,14-17,20,22H,4-5,8-10,13,18-19H2,1-3H3,(H,29,33)/t20-/m1/s1. The smallest absolute Gasteiger partial charge is 0.242 e. The summed E-state index contributed by atoms with van der Waals surface area (Å²) in [4.78, 5) is 27.9. The zero-order valence-electron chi connectivity index (χ0n) is 21.7. The number of nitrogens with zero attached hydrogens (tertiary/aromatic N) is 2. The molecule has 202 valence electrons. The number of ether oxygens (including phenoxy) is 1. The third kappa shape index (κ3) is 7.92. The van der Waals surface area contributed by atoms with Crippen LogP contribution in [0.2, 0.25) is 0 Å².